The van der Waals surface area contributed by atoms with Crippen molar-refractivity contribution in [2.75, 3.05) is 12.8 Å². The summed E-state index contributed by atoms with van der Waals surface area (Å²) in [6.45, 7) is 6.81. The van der Waals surface area contributed by atoms with Gasteiger partial charge in [0.25, 0.3) is 0 Å². The number of benzene rings is 1. The highest BCUT2D eigenvalue weighted by molar-refractivity contribution is 7.98. The molecule has 1 aromatic rings. The second kappa shape index (κ2) is 5.55. The molecule has 2 unspecified atom stereocenters. The molecule has 1 fully saturated rings. The third kappa shape index (κ3) is 2.51. The molecule has 1 aliphatic rings. The molecule has 1 heterocycles. The van der Waals surface area contributed by atoms with E-state index in [9.17, 15) is 4.79 Å². The van der Waals surface area contributed by atoms with Crippen LogP contribution in [0.15, 0.2) is 29.2 Å². The standard InChI is InChI=1S/C15H22N2OS/c1-5-15(3)14(18)17(6-2)13(16-15)11-7-9-12(19-4)10-8-11/h7-10,13,16H,5-6H2,1-4H3. The minimum atomic E-state index is -0.432. The maximum Gasteiger partial charge on any atom is 0.244 e. The summed E-state index contributed by atoms with van der Waals surface area (Å²) >= 11 is 1.73. The quantitative estimate of drug-likeness (QED) is 0.859. The number of thioether (sulfide) groups is 1. The van der Waals surface area contributed by atoms with E-state index in [1.807, 2.05) is 18.7 Å². The van der Waals surface area contributed by atoms with Crippen molar-refractivity contribution < 1.29 is 4.79 Å². The average Bonchev–Trinajstić information content (AvgIpc) is 2.71. The first-order chi connectivity index (χ1) is 9.05. The zero-order valence-corrected chi connectivity index (χ0v) is 12.9. The molecule has 0 aromatic heterocycles. The molecular formula is C15H22N2OS. The first-order valence-corrected chi connectivity index (χ1v) is 8.01. The number of carbonyl (C=O) groups excluding carboxylic acids is 1. The van der Waals surface area contributed by atoms with Crippen LogP contribution in [-0.4, -0.2) is 29.1 Å². The van der Waals surface area contributed by atoms with Crippen molar-refractivity contribution in [2.45, 2.75) is 43.8 Å². The third-order valence-electron chi connectivity index (χ3n) is 3.98. The van der Waals surface area contributed by atoms with Crippen molar-refractivity contribution in [3.63, 3.8) is 0 Å². The van der Waals surface area contributed by atoms with Crippen molar-refractivity contribution in [3.05, 3.63) is 29.8 Å². The number of amides is 1. The fraction of sp³-hybridized carbons (Fsp3) is 0.533. The summed E-state index contributed by atoms with van der Waals surface area (Å²) in [5.41, 5.74) is 0.726. The van der Waals surface area contributed by atoms with Gasteiger partial charge in [0.15, 0.2) is 0 Å². The lowest BCUT2D eigenvalue weighted by Gasteiger charge is -2.23. The highest BCUT2D eigenvalue weighted by Gasteiger charge is 2.46. The van der Waals surface area contributed by atoms with Crippen LogP contribution in [0.2, 0.25) is 0 Å². The molecule has 1 saturated heterocycles. The smallest absolute Gasteiger partial charge is 0.244 e. The monoisotopic (exact) mass is 278 g/mol. The predicted octanol–water partition coefficient (Wildman–Crippen LogP) is 3.03. The van der Waals surface area contributed by atoms with Gasteiger partial charge in [-0.1, -0.05) is 19.1 Å². The van der Waals surface area contributed by atoms with Crippen molar-refractivity contribution in [3.8, 4) is 0 Å². The van der Waals surface area contributed by atoms with Crippen LogP contribution in [0.3, 0.4) is 0 Å². The van der Waals surface area contributed by atoms with E-state index in [0.717, 1.165) is 18.5 Å². The molecule has 1 amide bonds. The Hall–Kier alpha value is -1.00. The molecule has 104 valence electrons. The Morgan fingerprint density at radius 1 is 1.32 bits per heavy atom. The van der Waals surface area contributed by atoms with Crippen molar-refractivity contribution in [1.82, 2.24) is 10.2 Å². The maximum atomic E-state index is 12.5. The van der Waals surface area contributed by atoms with Crippen LogP contribution in [0.5, 0.6) is 0 Å². The third-order valence-corrected chi connectivity index (χ3v) is 4.72. The molecule has 0 spiro atoms. The van der Waals surface area contributed by atoms with Gasteiger partial charge in [0.1, 0.15) is 6.17 Å². The molecule has 2 atom stereocenters. The average molecular weight is 278 g/mol. The number of nitrogens with zero attached hydrogens (tertiary/aromatic N) is 1. The molecule has 3 nitrogen and oxygen atoms in total. The maximum absolute atomic E-state index is 12.5. The number of likely N-dealkylation sites (N-methyl/N-ethyl adjacent to an activating group) is 1. The molecule has 4 heteroatoms. The predicted molar refractivity (Wildman–Crippen MR) is 80.2 cm³/mol. The first-order valence-electron chi connectivity index (χ1n) is 6.78. The van der Waals surface area contributed by atoms with Crippen LogP contribution in [0.4, 0.5) is 0 Å². The summed E-state index contributed by atoms with van der Waals surface area (Å²) in [5, 5.41) is 3.49. The minimum absolute atomic E-state index is 0.00152. The van der Waals surface area contributed by atoms with E-state index in [1.54, 1.807) is 11.8 Å². The highest BCUT2D eigenvalue weighted by atomic mass is 32.2. The van der Waals surface area contributed by atoms with Crippen LogP contribution < -0.4 is 5.32 Å². The van der Waals surface area contributed by atoms with Gasteiger partial charge in [-0.3, -0.25) is 10.1 Å². The second-order valence-electron chi connectivity index (χ2n) is 5.10. The van der Waals surface area contributed by atoms with Crippen LogP contribution in [0.25, 0.3) is 0 Å². The molecule has 1 aliphatic heterocycles. The van der Waals surface area contributed by atoms with E-state index in [1.165, 1.54) is 4.90 Å². The topological polar surface area (TPSA) is 32.3 Å². The van der Waals surface area contributed by atoms with Gasteiger partial charge in [0.05, 0.1) is 5.54 Å². The Kier molecular flexibility index (Phi) is 4.21. The zero-order chi connectivity index (χ0) is 14.0. The summed E-state index contributed by atoms with van der Waals surface area (Å²) in [4.78, 5) is 15.6. The molecule has 1 N–H and O–H groups in total. The summed E-state index contributed by atoms with van der Waals surface area (Å²) in [6, 6.07) is 8.45. The summed E-state index contributed by atoms with van der Waals surface area (Å²) in [5.74, 6) is 0.205. The largest absolute Gasteiger partial charge is 0.322 e. The summed E-state index contributed by atoms with van der Waals surface area (Å²) in [6.07, 6.45) is 2.87. The molecule has 2 rings (SSSR count). The fourth-order valence-corrected chi connectivity index (χ4v) is 2.91. The van der Waals surface area contributed by atoms with Gasteiger partial charge in [0.2, 0.25) is 5.91 Å². The zero-order valence-electron chi connectivity index (χ0n) is 12.1. The molecule has 19 heavy (non-hydrogen) atoms. The highest BCUT2D eigenvalue weighted by Crippen LogP contribution is 2.32. The number of hydrogen-bond donors (Lipinski definition) is 1. The van der Waals surface area contributed by atoms with Gasteiger partial charge >= 0.3 is 0 Å². The Balaban J connectivity index is 2.30. The SMILES string of the molecule is CCN1C(=O)C(C)(CC)NC1c1ccc(SC)cc1. The lowest BCUT2D eigenvalue weighted by molar-refractivity contribution is -0.132. The molecule has 0 aliphatic carbocycles. The summed E-state index contributed by atoms with van der Waals surface area (Å²) in [7, 11) is 0. The van der Waals surface area contributed by atoms with E-state index in [-0.39, 0.29) is 12.1 Å². The molecule has 0 radical (unpaired) electrons. The van der Waals surface area contributed by atoms with Gasteiger partial charge in [-0.25, -0.2) is 0 Å². The van der Waals surface area contributed by atoms with E-state index in [4.69, 9.17) is 0 Å². The van der Waals surface area contributed by atoms with Crippen molar-refractivity contribution in [2.24, 2.45) is 0 Å². The molecule has 0 bridgehead atoms. The van der Waals surface area contributed by atoms with E-state index >= 15 is 0 Å². The molecule has 0 saturated carbocycles. The second-order valence-corrected chi connectivity index (χ2v) is 5.98. The number of nitrogens with one attached hydrogen (secondary N) is 1. The minimum Gasteiger partial charge on any atom is -0.322 e. The van der Waals surface area contributed by atoms with Gasteiger partial charge in [0, 0.05) is 11.4 Å². The van der Waals surface area contributed by atoms with Crippen LogP contribution in [0.1, 0.15) is 38.9 Å². The van der Waals surface area contributed by atoms with Crippen molar-refractivity contribution in [1.29, 1.82) is 0 Å². The van der Waals surface area contributed by atoms with E-state index in [2.05, 4.69) is 42.8 Å². The fourth-order valence-electron chi connectivity index (χ4n) is 2.50. The molecular weight excluding hydrogens is 256 g/mol. The summed E-state index contributed by atoms with van der Waals surface area (Å²) < 4.78 is 0. The van der Waals surface area contributed by atoms with Gasteiger partial charge < -0.3 is 4.90 Å². The van der Waals surface area contributed by atoms with E-state index in [0.29, 0.717) is 0 Å². The Morgan fingerprint density at radius 2 is 1.95 bits per heavy atom. The number of rotatable bonds is 4. The van der Waals surface area contributed by atoms with Crippen LogP contribution in [-0.2, 0) is 4.79 Å². The number of hydrogen-bond acceptors (Lipinski definition) is 3. The lowest BCUT2D eigenvalue weighted by atomic mass is 9.99. The van der Waals surface area contributed by atoms with Crippen molar-refractivity contribution >= 4 is 17.7 Å². The van der Waals surface area contributed by atoms with E-state index < -0.39 is 5.54 Å². The first kappa shape index (κ1) is 14.4. The number of carbonyl (C=O) groups is 1. The Labute approximate surface area is 119 Å². The normalized spacial score (nSPS) is 27.1. The van der Waals surface area contributed by atoms with Gasteiger partial charge in [-0.05, 0) is 44.2 Å². The lowest BCUT2D eigenvalue weighted by Crippen LogP contribution is -2.42. The van der Waals surface area contributed by atoms with Gasteiger partial charge in [-0.2, -0.15) is 0 Å². The Morgan fingerprint density at radius 3 is 2.42 bits per heavy atom. The Bertz CT molecular complexity index is 460. The van der Waals surface area contributed by atoms with Crippen LogP contribution >= 0.6 is 11.8 Å². The van der Waals surface area contributed by atoms with Gasteiger partial charge in [-0.15, -0.1) is 11.8 Å². The van der Waals surface area contributed by atoms with Crippen LogP contribution in [0, 0.1) is 0 Å². The molecule has 1 aromatic carbocycles.